The molecule has 1 aromatic rings. The van der Waals surface area contributed by atoms with Crippen LogP contribution in [-0.4, -0.2) is 28.3 Å². The third kappa shape index (κ3) is 2.09. The number of rotatable bonds is 2. The van der Waals surface area contributed by atoms with E-state index in [0.717, 1.165) is 31.4 Å². The quantitative estimate of drug-likeness (QED) is 0.800. The molecular formula is C11H16N2O2. The lowest BCUT2D eigenvalue weighted by Gasteiger charge is -2.27. The van der Waals surface area contributed by atoms with Crippen molar-refractivity contribution in [3.05, 3.63) is 18.1 Å². The van der Waals surface area contributed by atoms with Crippen LogP contribution in [0.3, 0.4) is 0 Å². The van der Waals surface area contributed by atoms with Gasteiger partial charge in [0.25, 0.3) is 0 Å². The second-order valence-electron chi connectivity index (χ2n) is 3.91. The molecule has 0 aliphatic heterocycles. The van der Waals surface area contributed by atoms with Gasteiger partial charge < -0.3 is 9.84 Å². The molecule has 1 saturated carbocycles. The lowest BCUT2D eigenvalue weighted by Crippen LogP contribution is -2.24. The summed E-state index contributed by atoms with van der Waals surface area (Å²) in [6, 6.07) is 0. The zero-order valence-corrected chi connectivity index (χ0v) is 8.89. The Morgan fingerprint density at radius 1 is 1.27 bits per heavy atom. The van der Waals surface area contributed by atoms with Crippen LogP contribution >= 0.6 is 0 Å². The minimum Gasteiger partial charge on any atom is -0.480 e. The van der Waals surface area contributed by atoms with Crippen LogP contribution in [0.5, 0.6) is 5.88 Å². The first-order chi connectivity index (χ1) is 7.33. The third-order valence-electron chi connectivity index (χ3n) is 2.97. The maximum absolute atomic E-state index is 9.92. The maximum Gasteiger partial charge on any atom is 0.235 e. The highest BCUT2D eigenvalue weighted by molar-refractivity contribution is 5.23. The average Bonchev–Trinajstić information content (AvgIpc) is 2.30. The van der Waals surface area contributed by atoms with Crippen LogP contribution in [0, 0.1) is 0 Å². The molecule has 0 aromatic carbocycles. The fourth-order valence-corrected chi connectivity index (χ4v) is 2.18. The fourth-order valence-electron chi connectivity index (χ4n) is 2.18. The molecule has 1 N–H and O–H groups in total. The molecule has 0 radical (unpaired) electrons. The van der Waals surface area contributed by atoms with Gasteiger partial charge in [-0.3, -0.25) is 4.98 Å². The molecule has 2 unspecified atom stereocenters. The summed E-state index contributed by atoms with van der Waals surface area (Å²) in [6.45, 7) is 0. The van der Waals surface area contributed by atoms with Gasteiger partial charge in [0.15, 0.2) is 0 Å². The molecule has 0 spiro atoms. The summed E-state index contributed by atoms with van der Waals surface area (Å²) in [6.07, 6.45) is 7.02. The Balaban J connectivity index is 2.26. The zero-order valence-electron chi connectivity index (χ0n) is 8.89. The molecule has 1 heterocycles. The molecule has 15 heavy (non-hydrogen) atoms. The predicted molar refractivity (Wildman–Crippen MR) is 55.8 cm³/mol. The van der Waals surface area contributed by atoms with Crippen LogP contribution in [0.4, 0.5) is 0 Å². The zero-order chi connectivity index (χ0) is 10.7. The van der Waals surface area contributed by atoms with E-state index >= 15 is 0 Å². The maximum atomic E-state index is 9.92. The summed E-state index contributed by atoms with van der Waals surface area (Å²) in [5, 5.41) is 9.92. The van der Waals surface area contributed by atoms with Crippen molar-refractivity contribution in [3.63, 3.8) is 0 Å². The van der Waals surface area contributed by atoms with Gasteiger partial charge in [0.05, 0.1) is 13.2 Å². The van der Waals surface area contributed by atoms with Gasteiger partial charge in [-0.25, -0.2) is 4.98 Å². The number of nitrogens with zero attached hydrogens (tertiary/aromatic N) is 2. The summed E-state index contributed by atoms with van der Waals surface area (Å²) >= 11 is 0. The van der Waals surface area contributed by atoms with Gasteiger partial charge >= 0.3 is 0 Å². The Morgan fingerprint density at radius 3 is 2.73 bits per heavy atom. The van der Waals surface area contributed by atoms with E-state index in [1.54, 1.807) is 19.5 Å². The summed E-state index contributed by atoms with van der Waals surface area (Å²) in [5.41, 5.74) is 0.798. The van der Waals surface area contributed by atoms with Crippen molar-refractivity contribution in [2.75, 3.05) is 7.11 Å². The number of aliphatic hydroxyl groups is 1. The molecule has 4 nitrogen and oxygen atoms in total. The van der Waals surface area contributed by atoms with E-state index in [1.807, 2.05) is 0 Å². The van der Waals surface area contributed by atoms with Crippen molar-refractivity contribution in [2.45, 2.75) is 37.7 Å². The van der Waals surface area contributed by atoms with Crippen molar-refractivity contribution in [1.29, 1.82) is 0 Å². The molecule has 1 aromatic heterocycles. The van der Waals surface area contributed by atoms with Crippen molar-refractivity contribution >= 4 is 0 Å². The highest BCUT2D eigenvalue weighted by Crippen LogP contribution is 2.35. The summed E-state index contributed by atoms with van der Waals surface area (Å²) < 4.78 is 5.16. The molecule has 0 bridgehead atoms. The first-order valence-electron chi connectivity index (χ1n) is 5.36. The second-order valence-corrected chi connectivity index (χ2v) is 3.91. The topological polar surface area (TPSA) is 55.2 Å². The van der Waals surface area contributed by atoms with Crippen LogP contribution in [0.2, 0.25) is 0 Å². The summed E-state index contributed by atoms with van der Waals surface area (Å²) in [7, 11) is 1.59. The summed E-state index contributed by atoms with van der Waals surface area (Å²) in [4.78, 5) is 8.39. The molecule has 1 aliphatic carbocycles. The molecule has 2 atom stereocenters. The van der Waals surface area contributed by atoms with Crippen LogP contribution in [-0.2, 0) is 0 Å². The van der Waals surface area contributed by atoms with Gasteiger partial charge in [-0.1, -0.05) is 12.8 Å². The Labute approximate surface area is 89.3 Å². The lowest BCUT2D eigenvalue weighted by molar-refractivity contribution is 0.103. The number of ether oxygens (including phenoxy) is 1. The molecular weight excluding hydrogens is 192 g/mol. The number of hydrogen-bond donors (Lipinski definition) is 1. The largest absolute Gasteiger partial charge is 0.480 e. The fraction of sp³-hybridized carbons (Fsp3) is 0.636. The smallest absolute Gasteiger partial charge is 0.235 e. The standard InChI is InChI=1S/C11H16N2O2/c1-15-11-10(12-6-7-13-11)8-4-2-3-5-9(8)14/h6-9,14H,2-5H2,1H3. The second kappa shape index (κ2) is 4.57. The van der Waals surface area contributed by atoms with E-state index in [9.17, 15) is 5.11 Å². The van der Waals surface area contributed by atoms with E-state index in [1.165, 1.54) is 0 Å². The van der Waals surface area contributed by atoms with E-state index in [2.05, 4.69) is 9.97 Å². The van der Waals surface area contributed by atoms with Crippen LogP contribution < -0.4 is 4.74 Å². The van der Waals surface area contributed by atoms with Gasteiger partial charge in [-0.2, -0.15) is 0 Å². The van der Waals surface area contributed by atoms with E-state index in [4.69, 9.17) is 4.74 Å². The molecule has 2 rings (SSSR count). The molecule has 1 aliphatic rings. The third-order valence-corrected chi connectivity index (χ3v) is 2.97. The van der Waals surface area contributed by atoms with E-state index < -0.39 is 0 Å². The highest BCUT2D eigenvalue weighted by Gasteiger charge is 2.28. The SMILES string of the molecule is COc1nccnc1C1CCCCC1O. The molecule has 1 fully saturated rings. The van der Waals surface area contributed by atoms with Gasteiger partial charge in [0, 0.05) is 18.3 Å². The first-order valence-corrected chi connectivity index (χ1v) is 5.36. The predicted octanol–water partition coefficient (Wildman–Crippen LogP) is 1.50. The lowest BCUT2D eigenvalue weighted by atomic mass is 9.84. The number of aliphatic hydroxyl groups excluding tert-OH is 1. The number of hydrogen-bond acceptors (Lipinski definition) is 4. The van der Waals surface area contributed by atoms with Gasteiger partial charge in [0.1, 0.15) is 5.69 Å². The highest BCUT2D eigenvalue weighted by atomic mass is 16.5. The van der Waals surface area contributed by atoms with Gasteiger partial charge in [-0.15, -0.1) is 0 Å². The Morgan fingerprint density at radius 2 is 2.00 bits per heavy atom. The molecule has 0 amide bonds. The average molecular weight is 208 g/mol. The van der Waals surface area contributed by atoms with E-state index in [0.29, 0.717) is 5.88 Å². The monoisotopic (exact) mass is 208 g/mol. The molecule has 82 valence electrons. The van der Waals surface area contributed by atoms with Crippen LogP contribution in [0.25, 0.3) is 0 Å². The Bertz CT molecular complexity index is 330. The Kier molecular flexibility index (Phi) is 3.16. The van der Waals surface area contributed by atoms with E-state index in [-0.39, 0.29) is 12.0 Å². The number of aromatic nitrogens is 2. The molecule has 0 saturated heterocycles. The van der Waals surface area contributed by atoms with Crippen molar-refractivity contribution < 1.29 is 9.84 Å². The molecule has 4 heteroatoms. The minimum absolute atomic E-state index is 0.0856. The Hall–Kier alpha value is -1.16. The normalized spacial score (nSPS) is 26.3. The first kappa shape index (κ1) is 10.4. The van der Waals surface area contributed by atoms with Gasteiger partial charge in [0.2, 0.25) is 5.88 Å². The minimum atomic E-state index is -0.302. The van der Waals surface area contributed by atoms with Crippen LogP contribution in [0.1, 0.15) is 37.3 Å². The van der Waals surface area contributed by atoms with Crippen LogP contribution in [0.15, 0.2) is 12.4 Å². The van der Waals surface area contributed by atoms with Crippen molar-refractivity contribution in [1.82, 2.24) is 9.97 Å². The van der Waals surface area contributed by atoms with Crippen molar-refractivity contribution in [3.8, 4) is 5.88 Å². The number of methoxy groups -OCH3 is 1. The van der Waals surface area contributed by atoms with Gasteiger partial charge in [-0.05, 0) is 12.8 Å². The van der Waals surface area contributed by atoms with Crippen molar-refractivity contribution in [2.24, 2.45) is 0 Å². The summed E-state index contributed by atoms with van der Waals surface area (Å²) in [5.74, 6) is 0.630.